The van der Waals surface area contributed by atoms with E-state index in [1.807, 2.05) is 0 Å². The topological polar surface area (TPSA) is 122 Å². The normalized spacial score (nSPS) is 13.0. The van der Waals surface area contributed by atoms with Gasteiger partial charge in [-0.05, 0) is 26.3 Å². The van der Waals surface area contributed by atoms with E-state index in [4.69, 9.17) is 9.29 Å². The smallest absolute Gasteiger partial charge is 0.408 e. The minimum absolute atomic E-state index is 0.281. The molecule has 8 nitrogen and oxygen atoms in total. The van der Waals surface area contributed by atoms with Crippen molar-refractivity contribution in [2.75, 3.05) is 12.3 Å². The third kappa shape index (κ3) is 7.93. The van der Waals surface area contributed by atoms with E-state index >= 15 is 0 Å². The van der Waals surface area contributed by atoms with Gasteiger partial charge in [0.15, 0.2) is 0 Å². The molecule has 0 fully saturated rings. The van der Waals surface area contributed by atoms with Crippen molar-refractivity contribution in [2.45, 2.75) is 32.4 Å². The quantitative estimate of drug-likeness (QED) is 0.658. The van der Waals surface area contributed by atoms with Crippen LogP contribution in [0.25, 0.3) is 0 Å². The van der Waals surface area contributed by atoms with Gasteiger partial charge in [0.05, 0.1) is 5.75 Å². The van der Waals surface area contributed by atoms with Crippen LogP contribution in [0.5, 0.6) is 0 Å². The molecule has 3 N–H and O–H groups in total. The molecule has 0 aliphatic carbocycles. The van der Waals surface area contributed by atoms with Gasteiger partial charge in [0.2, 0.25) is 5.91 Å². The highest BCUT2D eigenvalue weighted by atomic mass is 32.2. The van der Waals surface area contributed by atoms with E-state index < -0.39 is 39.5 Å². The minimum Gasteiger partial charge on any atom is -0.444 e. The Balaban J connectivity index is 2.82. The van der Waals surface area contributed by atoms with Gasteiger partial charge in [-0.25, -0.2) is 4.79 Å². The molecule has 0 saturated heterocycles. The highest BCUT2D eigenvalue weighted by molar-refractivity contribution is 7.85. The summed E-state index contributed by atoms with van der Waals surface area (Å²) >= 11 is 0. The zero-order chi connectivity index (χ0) is 18.4. The van der Waals surface area contributed by atoms with E-state index in [0.717, 1.165) is 0 Å². The zero-order valence-corrected chi connectivity index (χ0v) is 14.6. The third-order valence-corrected chi connectivity index (χ3v) is 3.44. The Hall–Kier alpha value is -2.13. The van der Waals surface area contributed by atoms with Crippen LogP contribution in [0.4, 0.5) is 4.79 Å². The van der Waals surface area contributed by atoms with E-state index in [2.05, 4.69) is 10.6 Å². The molecule has 1 aromatic carbocycles. The highest BCUT2D eigenvalue weighted by Crippen LogP contribution is 2.14. The number of rotatable bonds is 6. The summed E-state index contributed by atoms with van der Waals surface area (Å²) in [7, 11) is -4.18. The Morgan fingerprint density at radius 3 is 2.29 bits per heavy atom. The molecule has 0 aliphatic heterocycles. The molecule has 0 radical (unpaired) electrons. The van der Waals surface area contributed by atoms with Gasteiger partial charge in [0, 0.05) is 6.54 Å². The fourth-order valence-electron chi connectivity index (χ4n) is 1.78. The fraction of sp³-hybridized carbons (Fsp3) is 0.467. The van der Waals surface area contributed by atoms with Crippen LogP contribution in [0.15, 0.2) is 30.3 Å². The number of carbonyl (C=O) groups is 2. The SMILES string of the molecule is CC(C)(C)OC(=O)N[C@@H](C(=O)NCCS(=O)(=O)O)c1ccccc1. The maximum atomic E-state index is 12.3. The Morgan fingerprint density at radius 1 is 1.21 bits per heavy atom. The zero-order valence-electron chi connectivity index (χ0n) is 13.8. The lowest BCUT2D eigenvalue weighted by Crippen LogP contribution is -2.43. The van der Waals surface area contributed by atoms with Crippen LogP contribution < -0.4 is 10.6 Å². The standard InChI is InChI=1S/C15H22N2O6S/c1-15(2,3)23-14(19)17-12(11-7-5-4-6-8-11)13(18)16-9-10-24(20,21)22/h4-8,12H,9-10H2,1-3H3,(H,16,18)(H,17,19)(H,20,21,22)/t12-/m1/s1. The molecule has 0 aliphatic rings. The Kier molecular flexibility index (Phi) is 6.73. The number of hydrogen-bond donors (Lipinski definition) is 3. The first-order valence-electron chi connectivity index (χ1n) is 7.25. The number of benzene rings is 1. The Morgan fingerprint density at radius 2 is 1.79 bits per heavy atom. The van der Waals surface area contributed by atoms with E-state index in [1.54, 1.807) is 51.1 Å². The summed E-state index contributed by atoms with van der Waals surface area (Å²) in [6, 6.07) is 7.39. The van der Waals surface area contributed by atoms with Gasteiger partial charge < -0.3 is 15.4 Å². The Labute approximate surface area is 141 Å². The number of nitrogens with one attached hydrogen (secondary N) is 2. The molecule has 134 valence electrons. The average molecular weight is 358 g/mol. The number of amides is 2. The number of ether oxygens (including phenoxy) is 1. The van der Waals surface area contributed by atoms with Crippen molar-refractivity contribution in [2.24, 2.45) is 0 Å². The average Bonchev–Trinajstić information content (AvgIpc) is 2.42. The van der Waals surface area contributed by atoms with Crippen molar-refractivity contribution in [1.29, 1.82) is 0 Å². The molecule has 0 heterocycles. The first-order chi connectivity index (χ1) is 11.0. The summed E-state index contributed by atoms with van der Waals surface area (Å²) in [6.45, 7) is 4.79. The van der Waals surface area contributed by atoms with Gasteiger partial charge in [0.1, 0.15) is 11.6 Å². The van der Waals surface area contributed by atoms with E-state index in [-0.39, 0.29) is 6.54 Å². The molecule has 9 heteroatoms. The number of alkyl carbamates (subject to hydrolysis) is 1. The maximum Gasteiger partial charge on any atom is 0.408 e. The van der Waals surface area contributed by atoms with Gasteiger partial charge in [-0.2, -0.15) is 8.42 Å². The molecular formula is C15H22N2O6S. The second-order valence-electron chi connectivity index (χ2n) is 6.07. The lowest BCUT2D eigenvalue weighted by Gasteiger charge is -2.23. The first kappa shape index (κ1) is 19.9. The van der Waals surface area contributed by atoms with Gasteiger partial charge in [0.25, 0.3) is 10.1 Å². The molecule has 0 spiro atoms. The van der Waals surface area contributed by atoms with Gasteiger partial charge in [-0.15, -0.1) is 0 Å². The monoisotopic (exact) mass is 358 g/mol. The molecule has 0 saturated carbocycles. The lowest BCUT2D eigenvalue weighted by molar-refractivity contribution is -0.123. The van der Waals surface area contributed by atoms with Crippen molar-refractivity contribution in [3.63, 3.8) is 0 Å². The van der Waals surface area contributed by atoms with Crippen LogP contribution in [0, 0.1) is 0 Å². The number of hydrogen-bond acceptors (Lipinski definition) is 5. The van der Waals surface area contributed by atoms with Crippen molar-refractivity contribution in [3.8, 4) is 0 Å². The largest absolute Gasteiger partial charge is 0.444 e. The van der Waals surface area contributed by atoms with Crippen LogP contribution in [-0.2, 0) is 19.6 Å². The molecular weight excluding hydrogens is 336 g/mol. The fourth-order valence-corrected chi connectivity index (χ4v) is 2.14. The van der Waals surface area contributed by atoms with Crippen molar-refractivity contribution >= 4 is 22.1 Å². The summed E-state index contributed by atoms with van der Waals surface area (Å²) in [5.41, 5.74) is -0.222. The summed E-state index contributed by atoms with van der Waals surface area (Å²) < 4.78 is 35.2. The number of carbonyl (C=O) groups excluding carboxylic acids is 2. The minimum atomic E-state index is -4.18. The van der Waals surface area contributed by atoms with Gasteiger partial charge in [-0.3, -0.25) is 9.35 Å². The lowest BCUT2D eigenvalue weighted by atomic mass is 10.1. The molecule has 0 unspecified atom stereocenters. The molecule has 1 atom stereocenters. The van der Waals surface area contributed by atoms with Crippen LogP contribution in [0.1, 0.15) is 32.4 Å². The second-order valence-corrected chi connectivity index (χ2v) is 7.64. The summed E-state index contributed by atoms with van der Waals surface area (Å²) in [5.74, 6) is -1.23. The predicted octanol–water partition coefficient (Wildman–Crippen LogP) is 1.26. The second kappa shape index (κ2) is 8.11. The molecule has 2 amide bonds. The molecule has 0 bridgehead atoms. The molecule has 0 aromatic heterocycles. The van der Waals surface area contributed by atoms with Crippen molar-refractivity contribution < 1.29 is 27.3 Å². The summed E-state index contributed by atoms with van der Waals surface area (Å²) in [6.07, 6.45) is -0.777. The van der Waals surface area contributed by atoms with Crippen molar-refractivity contribution in [3.05, 3.63) is 35.9 Å². The Bertz CT molecular complexity index is 667. The summed E-state index contributed by atoms with van der Waals surface area (Å²) in [5, 5.41) is 4.81. The van der Waals surface area contributed by atoms with E-state index in [0.29, 0.717) is 5.56 Å². The molecule has 1 aromatic rings. The van der Waals surface area contributed by atoms with Crippen LogP contribution in [-0.4, -0.2) is 42.9 Å². The van der Waals surface area contributed by atoms with Crippen molar-refractivity contribution in [1.82, 2.24) is 10.6 Å². The van der Waals surface area contributed by atoms with Crippen LogP contribution >= 0.6 is 0 Å². The predicted molar refractivity (Wildman–Crippen MR) is 88.0 cm³/mol. The maximum absolute atomic E-state index is 12.3. The third-order valence-electron chi connectivity index (χ3n) is 2.72. The summed E-state index contributed by atoms with van der Waals surface area (Å²) in [4.78, 5) is 24.2. The van der Waals surface area contributed by atoms with E-state index in [9.17, 15) is 18.0 Å². The van der Waals surface area contributed by atoms with Gasteiger partial charge >= 0.3 is 6.09 Å². The van der Waals surface area contributed by atoms with E-state index in [1.165, 1.54) is 0 Å². The van der Waals surface area contributed by atoms with Gasteiger partial charge in [-0.1, -0.05) is 30.3 Å². The molecule has 1 rings (SSSR count). The first-order valence-corrected chi connectivity index (χ1v) is 8.86. The van der Waals surface area contributed by atoms with Crippen LogP contribution in [0.3, 0.4) is 0 Å². The highest BCUT2D eigenvalue weighted by Gasteiger charge is 2.25. The molecule has 24 heavy (non-hydrogen) atoms. The van der Waals surface area contributed by atoms with Crippen LogP contribution in [0.2, 0.25) is 0 Å².